The Kier molecular flexibility index (Phi) is 6.42. The van der Waals surface area contributed by atoms with Crippen molar-refractivity contribution < 1.29 is 0 Å². The minimum Gasteiger partial charge on any atom is -0.399 e. The van der Waals surface area contributed by atoms with Gasteiger partial charge in [-0.1, -0.05) is 60.7 Å². The first-order chi connectivity index (χ1) is 20.6. The van der Waals surface area contributed by atoms with E-state index in [1.54, 1.807) is 0 Å². The van der Waals surface area contributed by atoms with Crippen LogP contribution in [0.4, 0.5) is 45.5 Å². The Bertz CT molecular complexity index is 1850. The van der Waals surface area contributed by atoms with Gasteiger partial charge >= 0.3 is 0 Å². The van der Waals surface area contributed by atoms with Gasteiger partial charge < -0.3 is 21.3 Å². The van der Waals surface area contributed by atoms with Crippen LogP contribution in [0.2, 0.25) is 0 Å². The minimum atomic E-state index is 0.738. The zero-order valence-electron chi connectivity index (χ0n) is 23.1. The molecular formula is C38H30N4. The van der Waals surface area contributed by atoms with Crippen LogP contribution in [0.3, 0.4) is 0 Å². The summed E-state index contributed by atoms with van der Waals surface area (Å²) in [5.74, 6) is 0. The number of nitrogens with two attached hydrogens (primary N) is 2. The molecule has 0 aliphatic carbocycles. The summed E-state index contributed by atoms with van der Waals surface area (Å²) in [4.78, 5) is 4.53. The van der Waals surface area contributed by atoms with Crippen LogP contribution in [0.25, 0.3) is 21.5 Å². The van der Waals surface area contributed by atoms with Crippen molar-refractivity contribution in [1.82, 2.24) is 0 Å². The molecule has 0 aliphatic heterocycles. The normalized spacial score (nSPS) is 11.0. The van der Waals surface area contributed by atoms with Crippen LogP contribution < -0.4 is 21.3 Å². The third-order valence-corrected chi connectivity index (χ3v) is 7.65. The molecule has 0 amide bonds. The molecule has 0 unspecified atom stereocenters. The van der Waals surface area contributed by atoms with Gasteiger partial charge in [-0.25, -0.2) is 0 Å². The van der Waals surface area contributed by atoms with Crippen LogP contribution in [0.1, 0.15) is 0 Å². The zero-order valence-corrected chi connectivity index (χ0v) is 23.1. The summed E-state index contributed by atoms with van der Waals surface area (Å²) in [6.45, 7) is 0. The second kappa shape index (κ2) is 10.7. The number of nitrogens with zero attached hydrogens (tertiary/aromatic N) is 2. The molecule has 7 aromatic rings. The highest BCUT2D eigenvalue weighted by atomic mass is 15.2. The molecule has 0 aromatic heterocycles. The average Bonchev–Trinajstić information content (AvgIpc) is 3.04. The summed E-state index contributed by atoms with van der Waals surface area (Å²) in [5.41, 5.74) is 19.9. The van der Waals surface area contributed by atoms with Gasteiger partial charge in [0, 0.05) is 45.5 Å². The molecule has 4 N–H and O–H groups in total. The lowest BCUT2D eigenvalue weighted by molar-refractivity contribution is 1.26. The summed E-state index contributed by atoms with van der Waals surface area (Å²) in [7, 11) is 0. The Morgan fingerprint density at radius 2 is 0.571 bits per heavy atom. The average molecular weight is 543 g/mol. The number of rotatable bonds is 6. The highest BCUT2D eigenvalue weighted by Gasteiger charge is 2.17. The fourth-order valence-corrected chi connectivity index (χ4v) is 5.52. The van der Waals surface area contributed by atoms with E-state index in [9.17, 15) is 0 Å². The first-order valence-electron chi connectivity index (χ1n) is 14.0. The number of benzene rings is 7. The molecule has 4 nitrogen and oxygen atoms in total. The van der Waals surface area contributed by atoms with Crippen molar-refractivity contribution in [2.24, 2.45) is 0 Å². The van der Waals surface area contributed by atoms with Crippen LogP contribution in [-0.4, -0.2) is 0 Å². The molecule has 0 aliphatic rings. The Morgan fingerprint density at radius 1 is 0.286 bits per heavy atom. The predicted molar refractivity (Wildman–Crippen MR) is 180 cm³/mol. The maximum Gasteiger partial charge on any atom is 0.0468 e. The molecule has 7 aromatic carbocycles. The molecule has 7 rings (SSSR count). The third-order valence-electron chi connectivity index (χ3n) is 7.65. The van der Waals surface area contributed by atoms with Crippen LogP contribution in [0.5, 0.6) is 0 Å². The van der Waals surface area contributed by atoms with Gasteiger partial charge in [0.25, 0.3) is 0 Å². The van der Waals surface area contributed by atoms with E-state index in [1.807, 2.05) is 24.3 Å². The third kappa shape index (κ3) is 4.87. The maximum atomic E-state index is 6.05. The number of fused-ring (bicyclic) bond motifs is 2. The molecule has 0 atom stereocenters. The summed E-state index contributed by atoms with van der Waals surface area (Å²) >= 11 is 0. The van der Waals surface area contributed by atoms with E-state index < -0.39 is 0 Å². The zero-order chi connectivity index (χ0) is 28.5. The van der Waals surface area contributed by atoms with E-state index in [0.717, 1.165) is 45.5 Å². The lowest BCUT2D eigenvalue weighted by atomic mass is 10.1. The van der Waals surface area contributed by atoms with E-state index in [2.05, 4.69) is 143 Å². The lowest BCUT2D eigenvalue weighted by Gasteiger charge is -2.28. The molecule has 0 spiro atoms. The quantitative estimate of drug-likeness (QED) is 0.205. The van der Waals surface area contributed by atoms with Gasteiger partial charge in [0.05, 0.1) is 0 Å². The molecule has 202 valence electrons. The Labute approximate surface area is 245 Å². The summed E-state index contributed by atoms with van der Waals surface area (Å²) in [5, 5.41) is 4.81. The van der Waals surface area contributed by atoms with Crippen LogP contribution in [-0.2, 0) is 0 Å². The summed E-state index contributed by atoms with van der Waals surface area (Å²) < 4.78 is 0. The molecule has 4 heteroatoms. The SMILES string of the molecule is Nc1ccc(N(c2ccc(N(c3ccc(N)cc3)c3ccc4ccccc4c3)cc2)c2ccc3ccccc3c2)cc1. The van der Waals surface area contributed by atoms with Gasteiger partial charge in [-0.3, -0.25) is 0 Å². The van der Waals surface area contributed by atoms with E-state index in [-0.39, 0.29) is 0 Å². The highest BCUT2D eigenvalue weighted by molar-refractivity contribution is 5.91. The largest absolute Gasteiger partial charge is 0.399 e. The van der Waals surface area contributed by atoms with Crippen molar-refractivity contribution >= 4 is 67.0 Å². The molecule has 0 saturated heterocycles. The van der Waals surface area contributed by atoms with Crippen molar-refractivity contribution in [3.05, 3.63) is 158 Å². The van der Waals surface area contributed by atoms with Crippen molar-refractivity contribution in [3.8, 4) is 0 Å². The van der Waals surface area contributed by atoms with Crippen LogP contribution in [0.15, 0.2) is 158 Å². The minimum absolute atomic E-state index is 0.738. The smallest absolute Gasteiger partial charge is 0.0468 e. The Hall–Kier alpha value is -5.74. The standard InChI is InChI=1S/C38H30N4/c39-31-11-17-33(18-12-31)41(37-15-9-27-5-1-3-7-29(27)25-37)35-21-23-36(24-22-35)42(34-19-13-32(40)14-20-34)38-16-10-28-6-2-4-8-30(28)26-38/h1-26H,39-40H2. The van der Waals surface area contributed by atoms with Crippen molar-refractivity contribution in [2.75, 3.05) is 21.3 Å². The maximum absolute atomic E-state index is 6.05. The Morgan fingerprint density at radius 3 is 0.929 bits per heavy atom. The van der Waals surface area contributed by atoms with Gasteiger partial charge in [-0.05, 0) is 119 Å². The van der Waals surface area contributed by atoms with E-state index in [4.69, 9.17) is 11.5 Å². The van der Waals surface area contributed by atoms with Gasteiger partial charge in [0.15, 0.2) is 0 Å². The first kappa shape index (κ1) is 25.2. The molecule has 0 radical (unpaired) electrons. The van der Waals surface area contributed by atoms with E-state index in [0.29, 0.717) is 0 Å². The van der Waals surface area contributed by atoms with Crippen LogP contribution in [0, 0.1) is 0 Å². The Balaban J connectivity index is 1.33. The number of hydrogen-bond acceptors (Lipinski definition) is 4. The van der Waals surface area contributed by atoms with Gasteiger partial charge in [-0.2, -0.15) is 0 Å². The van der Waals surface area contributed by atoms with E-state index >= 15 is 0 Å². The first-order valence-corrected chi connectivity index (χ1v) is 14.0. The highest BCUT2D eigenvalue weighted by Crippen LogP contribution is 2.40. The summed E-state index contributed by atoms with van der Waals surface area (Å²) in [6, 6.07) is 54.7. The lowest BCUT2D eigenvalue weighted by Crippen LogP contribution is -2.12. The molecule has 0 heterocycles. The molecular weight excluding hydrogens is 512 g/mol. The van der Waals surface area contributed by atoms with Crippen LogP contribution >= 0.6 is 0 Å². The van der Waals surface area contributed by atoms with Gasteiger partial charge in [0.2, 0.25) is 0 Å². The monoisotopic (exact) mass is 542 g/mol. The van der Waals surface area contributed by atoms with Gasteiger partial charge in [-0.15, -0.1) is 0 Å². The second-order valence-electron chi connectivity index (χ2n) is 10.4. The fraction of sp³-hybridized carbons (Fsp3) is 0. The molecule has 0 saturated carbocycles. The van der Waals surface area contributed by atoms with Crippen molar-refractivity contribution in [3.63, 3.8) is 0 Å². The number of nitrogen functional groups attached to an aromatic ring is 2. The van der Waals surface area contributed by atoms with Crippen molar-refractivity contribution in [1.29, 1.82) is 0 Å². The number of hydrogen-bond donors (Lipinski definition) is 2. The summed E-state index contributed by atoms with van der Waals surface area (Å²) in [6.07, 6.45) is 0. The molecule has 0 fully saturated rings. The van der Waals surface area contributed by atoms with E-state index in [1.165, 1.54) is 21.5 Å². The fourth-order valence-electron chi connectivity index (χ4n) is 5.52. The molecule has 42 heavy (non-hydrogen) atoms. The predicted octanol–water partition coefficient (Wildman–Crippen LogP) is 10.1. The van der Waals surface area contributed by atoms with Crippen molar-refractivity contribution in [2.45, 2.75) is 0 Å². The topological polar surface area (TPSA) is 58.5 Å². The number of anilines is 8. The van der Waals surface area contributed by atoms with Gasteiger partial charge in [0.1, 0.15) is 0 Å². The molecule has 0 bridgehead atoms. The second-order valence-corrected chi connectivity index (χ2v) is 10.4.